The lowest BCUT2D eigenvalue weighted by atomic mass is 10.2. The van der Waals surface area contributed by atoms with Crippen LogP contribution in [0, 0.1) is 6.92 Å². The molecule has 1 aromatic carbocycles. The lowest BCUT2D eigenvalue weighted by Gasteiger charge is -2.19. The van der Waals surface area contributed by atoms with Crippen LogP contribution in [0.4, 0.5) is 5.95 Å². The summed E-state index contributed by atoms with van der Waals surface area (Å²) in [5, 5.41) is 7.46. The predicted molar refractivity (Wildman–Crippen MR) is 101 cm³/mol. The van der Waals surface area contributed by atoms with E-state index in [-0.39, 0.29) is 0 Å². The molecule has 1 N–H and O–H groups in total. The summed E-state index contributed by atoms with van der Waals surface area (Å²) in [7, 11) is 0. The monoisotopic (exact) mass is 375 g/mol. The first kappa shape index (κ1) is 16.4. The Morgan fingerprint density at radius 3 is 2.89 bits per heavy atom. The fourth-order valence-corrected chi connectivity index (χ4v) is 3.11. The fraction of sp³-hybridized carbons (Fsp3) is 0.211. The summed E-state index contributed by atoms with van der Waals surface area (Å²) in [6, 6.07) is 7.74. The number of hydrogen-bond acceptors (Lipinski definition) is 8. The highest BCUT2D eigenvalue weighted by molar-refractivity contribution is 5.62. The smallest absolute Gasteiger partial charge is 0.252 e. The van der Waals surface area contributed by atoms with Gasteiger partial charge < -0.3 is 14.8 Å². The maximum absolute atomic E-state index is 5.63. The highest BCUT2D eigenvalue weighted by Gasteiger charge is 2.13. The molecule has 0 atom stereocenters. The van der Waals surface area contributed by atoms with Gasteiger partial charge >= 0.3 is 0 Å². The third-order valence-electron chi connectivity index (χ3n) is 4.54. The SMILES string of the molecule is Cc1c(-c2ccnc(NCc3ccc4c(c3)OCCO4)n2)cnc2ncnn12. The van der Waals surface area contributed by atoms with E-state index in [0.717, 1.165) is 34.0 Å². The Bertz CT molecular complexity index is 1160. The number of nitrogens with zero attached hydrogens (tertiary/aromatic N) is 6. The molecule has 0 amide bonds. The third-order valence-corrected chi connectivity index (χ3v) is 4.54. The van der Waals surface area contributed by atoms with Crippen molar-refractivity contribution in [3.63, 3.8) is 0 Å². The van der Waals surface area contributed by atoms with Crippen molar-refractivity contribution in [1.29, 1.82) is 0 Å². The Hall–Kier alpha value is -3.75. The highest BCUT2D eigenvalue weighted by Crippen LogP contribution is 2.31. The molecule has 0 aliphatic carbocycles. The number of anilines is 1. The fourth-order valence-electron chi connectivity index (χ4n) is 3.11. The van der Waals surface area contributed by atoms with Crippen molar-refractivity contribution < 1.29 is 9.47 Å². The van der Waals surface area contributed by atoms with Gasteiger partial charge in [0.1, 0.15) is 19.5 Å². The quantitative estimate of drug-likeness (QED) is 0.580. The number of nitrogens with one attached hydrogen (secondary N) is 1. The molecule has 9 nitrogen and oxygen atoms in total. The van der Waals surface area contributed by atoms with Crippen molar-refractivity contribution >= 4 is 11.7 Å². The minimum Gasteiger partial charge on any atom is -0.486 e. The maximum atomic E-state index is 5.63. The number of fused-ring (bicyclic) bond motifs is 2. The van der Waals surface area contributed by atoms with E-state index in [1.807, 2.05) is 31.2 Å². The van der Waals surface area contributed by atoms with Gasteiger partial charge in [0.05, 0.1) is 11.4 Å². The zero-order chi connectivity index (χ0) is 18.9. The molecule has 0 fully saturated rings. The standard InChI is InChI=1S/C19H17N7O2/c1-12-14(10-22-19-23-11-24-26(12)19)15-4-5-20-18(25-15)21-9-13-2-3-16-17(8-13)28-7-6-27-16/h2-5,8,10-11H,6-7,9H2,1H3,(H,20,21,25). The van der Waals surface area contributed by atoms with E-state index in [4.69, 9.17) is 9.47 Å². The van der Waals surface area contributed by atoms with Crippen LogP contribution in [0.5, 0.6) is 11.5 Å². The van der Waals surface area contributed by atoms with Crippen molar-refractivity contribution in [3.8, 4) is 22.8 Å². The molecule has 140 valence electrons. The topological polar surface area (TPSA) is 99.4 Å². The Kier molecular flexibility index (Phi) is 3.97. The first-order valence-corrected chi connectivity index (χ1v) is 8.89. The van der Waals surface area contributed by atoms with Gasteiger partial charge in [-0.3, -0.25) is 0 Å². The summed E-state index contributed by atoms with van der Waals surface area (Å²) in [6.07, 6.45) is 4.96. The molecule has 9 heteroatoms. The van der Waals surface area contributed by atoms with Crippen LogP contribution in [-0.2, 0) is 6.54 Å². The van der Waals surface area contributed by atoms with E-state index in [1.165, 1.54) is 6.33 Å². The predicted octanol–water partition coefficient (Wildman–Crippen LogP) is 2.27. The van der Waals surface area contributed by atoms with E-state index in [9.17, 15) is 0 Å². The van der Waals surface area contributed by atoms with Gasteiger partial charge in [0.15, 0.2) is 11.5 Å². The first-order valence-electron chi connectivity index (χ1n) is 8.89. The number of rotatable bonds is 4. The first-order chi connectivity index (χ1) is 13.8. The largest absolute Gasteiger partial charge is 0.486 e. The second-order valence-electron chi connectivity index (χ2n) is 6.33. The molecule has 0 saturated carbocycles. The Morgan fingerprint density at radius 1 is 1.07 bits per heavy atom. The number of aryl methyl sites for hydroxylation is 1. The molecule has 3 aromatic heterocycles. The van der Waals surface area contributed by atoms with Gasteiger partial charge in [-0.15, -0.1) is 0 Å². The van der Waals surface area contributed by atoms with Gasteiger partial charge in [-0.05, 0) is 30.7 Å². The maximum Gasteiger partial charge on any atom is 0.252 e. The van der Waals surface area contributed by atoms with E-state index >= 15 is 0 Å². The van der Waals surface area contributed by atoms with Gasteiger partial charge in [0.2, 0.25) is 5.95 Å². The summed E-state index contributed by atoms with van der Waals surface area (Å²) in [5.74, 6) is 2.64. The molecule has 28 heavy (non-hydrogen) atoms. The van der Waals surface area contributed by atoms with E-state index < -0.39 is 0 Å². The van der Waals surface area contributed by atoms with Crippen LogP contribution in [0.2, 0.25) is 0 Å². The second-order valence-corrected chi connectivity index (χ2v) is 6.33. The van der Waals surface area contributed by atoms with Crippen LogP contribution >= 0.6 is 0 Å². The van der Waals surface area contributed by atoms with Gasteiger partial charge in [0, 0.05) is 24.5 Å². The van der Waals surface area contributed by atoms with E-state index in [1.54, 1.807) is 16.9 Å². The Labute approximate surface area is 160 Å². The Balaban J connectivity index is 1.37. The molecular weight excluding hydrogens is 358 g/mol. The normalized spacial score (nSPS) is 12.9. The molecule has 1 aliphatic rings. The summed E-state index contributed by atoms with van der Waals surface area (Å²) in [5.41, 5.74) is 3.61. The Morgan fingerprint density at radius 2 is 1.96 bits per heavy atom. The molecule has 4 heterocycles. The van der Waals surface area contributed by atoms with E-state index in [2.05, 4.69) is 30.4 Å². The molecule has 0 bridgehead atoms. The molecule has 5 rings (SSSR count). The third kappa shape index (κ3) is 2.96. The zero-order valence-corrected chi connectivity index (χ0v) is 15.2. The lowest BCUT2D eigenvalue weighted by molar-refractivity contribution is 0.171. The summed E-state index contributed by atoms with van der Waals surface area (Å²) < 4.78 is 12.9. The van der Waals surface area contributed by atoms with E-state index in [0.29, 0.717) is 31.5 Å². The molecule has 4 aromatic rings. The van der Waals surface area contributed by atoms with Gasteiger partial charge in [-0.2, -0.15) is 10.1 Å². The summed E-state index contributed by atoms with van der Waals surface area (Å²) in [6.45, 7) is 3.68. The van der Waals surface area contributed by atoms with Crippen LogP contribution in [0.1, 0.15) is 11.3 Å². The van der Waals surface area contributed by atoms with Gasteiger partial charge in [-0.25, -0.2) is 19.5 Å². The number of benzene rings is 1. The number of ether oxygens (including phenoxy) is 2. The second kappa shape index (κ2) is 6.76. The van der Waals surface area contributed by atoms with Gasteiger partial charge in [-0.1, -0.05) is 6.07 Å². The molecular formula is C19H17N7O2. The molecule has 0 radical (unpaired) electrons. The van der Waals surface area contributed by atoms with Crippen molar-refractivity contribution in [1.82, 2.24) is 29.5 Å². The summed E-state index contributed by atoms with van der Waals surface area (Å²) >= 11 is 0. The van der Waals surface area contributed by atoms with Crippen LogP contribution in [0.25, 0.3) is 17.0 Å². The number of hydrogen-bond donors (Lipinski definition) is 1. The van der Waals surface area contributed by atoms with Crippen molar-refractivity contribution in [2.45, 2.75) is 13.5 Å². The molecule has 0 saturated heterocycles. The van der Waals surface area contributed by atoms with Crippen molar-refractivity contribution in [3.05, 3.63) is 54.2 Å². The molecule has 0 spiro atoms. The van der Waals surface area contributed by atoms with Crippen molar-refractivity contribution in [2.75, 3.05) is 18.5 Å². The minimum atomic E-state index is 0.533. The average Bonchev–Trinajstić information content (AvgIpc) is 3.22. The van der Waals surface area contributed by atoms with Gasteiger partial charge in [0.25, 0.3) is 5.78 Å². The number of aromatic nitrogens is 6. The summed E-state index contributed by atoms with van der Waals surface area (Å²) in [4.78, 5) is 17.4. The van der Waals surface area contributed by atoms with Crippen LogP contribution in [0.15, 0.2) is 43.0 Å². The molecule has 0 unspecified atom stereocenters. The van der Waals surface area contributed by atoms with Crippen LogP contribution in [0.3, 0.4) is 0 Å². The van der Waals surface area contributed by atoms with Crippen molar-refractivity contribution in [2.24, 2.45) is 0 Å². The zero-order valence-electron chi connectivity index (χ0n) is 15.2. The lowest BCUT2D eigenvalue weighted by Crippen LogP contribution is -2.15. The van der Waals surface area contributed by atoms with Crippen LogP contribution in [-0.4, -0.2) is 42.8 Å². The molecule has 1 aliphatic heterocycles. The average molecular weight is 375 g/mol. The minimum absolute atomic E-state index is 0.533. The highest BCUT2D eigenvalue weighted by atomic mass is 16.6. The van der Waals surface area contributed by atoms with Crippen LogP contribution < -0.4 is 14.8 Å².